The van der Waals surface area contributed by atoms with Gasteiger partial charge in [0, 0.05) is 25.2 Å². The minimum Gasteiger partial charge on any atom is -0.459 e. The molecular formula is C21H21N3O3. The molecular weight excluding hydrogens is 342 g/mol. The predicted molar refractivity (Wildman–Crippen MR) is 100.0 cm³/mol. The number of carbonyl (C=O) groups is 1. The van der Waals surface area contributed by atoms with E-state index in [1.54, 1.807) is 6.92 Å². The smallest absolute Gasteiger partial charge is 0.396 e. The topological polar surface area (TPSA) is 68.5 Å². The van der Waals surface area contributed by atoms with Gasteiger partial charge in [-0.3, -0.25) is 4.90 Å². The summed E-state index contributed by atoms with van der Waals surface area (Å²) >= 11 is 0. The highest BCUT2D eigenvalue weighted by Gasteiger charge is 2.18. The van der Waals surface area contributed by atoms with E-state index >= 15 is 0 Å². The van der Waals surface area contributed by atoms with E-state index in [-0.39, 0.29) is 12.5 Å². The highest BCUT2D eigenvalue weighted by molar-refractivity contribution is 5.84. The molecule has 1 aliphatic heterocycles. The largest absolute Gasteiger partial charge is 0.459 e. The molecule has 3 aromatic rings. The third kappa shape index (κ3) is 3.90. The summed E-state index contributed by atoms with van der Waals surface area (Å²) < 4.78 is 10.3. The molecule has 2 aromatic carbocycles. The Morgan fingerprint density at radius 3 is 2.67 bits per heavy atom. The third-order valence-corrected chi connectivity index (χ3v) is 4.69. The molecule has 2 heterocycles. The first-order chi connectivity index (χ1) is 13.2. The average Bonchev–Trinajstić information content (AvgIpc) is 3.19. The average molecular weight is 363 g/mol. The predicted octanol–water partition coefficient (Wildman–Crippen LogP) is 3.47. The molecule has 0 atom stereocenters. The number of carbonyl (C=O) groups excluding carboxylic acids is 1. The molecule has 138 valence electrons. The van der Waals surface area contributed by atoms with Crippen molar-refractivity contribution in [1.29, 1.82) is 0 Å². The van der Waals surface area contributed by atoms with Crippen LogP contribution in [0.2, 0.25) is 0 Å². The number of ether oxygens (including phenoxy) is 1. The van der Waals surface area contributed by atoms with E-state index in [0.29, 0.717) is 5.89 Å². The van der Waals surface area contributed by atoms with Gasteiger partial charge in [0.25, 0.3) is 0 Å². The second kappa shape index (κ2) is 7.72. The number of rotatable bonds is 5. The second-order valence-electron chi connectivity index (χ2n) is 6.56. The van der Waals surface area contributed by atoms with Crippen LogP contribution in [0.25, 0.3) is 11.5 Å². The SMILES string of the molecule is CCOC(=O)c1nnc(-c2ccc(CN3CCc4ccccc4C3)cc2)o1. The molecule has 0 spiro atoms. The fraction of sp³-hybridized carbons (Fsp3) is 0.286. The van der Waals surface area contributed by atoms with E-state index in [4.69, 9.17) is 9.15 Å². The van der Waals surface area contributed by atoms with Gasteiger partial charge in [-0.2, -0.15) is 0 Å². The number of benzene rings is 2. The Balaban J connectivity index is 1.42. The minimum absolute atomic E-state index is 0.122. The summed E-state index contributed by atoms with van der Waals surface area (Å²) in [5, 5.41) is 7.68. The third-order valence-electron chi connectivity index (χ3n) is 4.69. The van der Waals surface area contributed by atoms with E-state index < -0.39 is 5.97 Å². The van der Waals surface area contributed by atoms with Crippen molar-refractivity contribution in [2.24, 2.45) is 0 Å². The zero-order valence-corrected chi connectivity index (χ0v) is 15.2. The number of fused-ring (bicyclic) bond motifs is 1. The molecule has 4 rings (SSSR count). The molecule has 0 N–H and O–H groups in total. The van der Waals surface area contributed by atoms with Crippen molar-refractivity contribution >= 4 is 5.97 Å². The van der Waals surface area contributed by atoms with Gasteiger partial charge in [0.2, 0.25) is 5.89 Å². The highest BCUT2D eigenvalue weighted by Crippen LogP contribution is 2.22. The van der Waals surface area contributed by atoms with Gasteiger partial charge in [0.1, 0.15) is 0 Å². The monoisotopic (exact) mass is 363 g/mol. The normalized spacial score (nSPS) is 14.0. The van der Waals surface area contributed by atoms with Gasteiger partial charge in [-0.1, -0.05) is 36.4 Å². The standard InChI is InChI=1S/C21H21N3O3/c1-2-26-21(25)20-23-22-19(27-20)17-9-7-15(8-10-17)13-24-12-11-16-5-3-4-6-18(16)14-24/h3-10H,2,11-14H2,1H3. The summed E-state index contributed by atoms with van der Waals surface area (Å²) in [6, 6.07) is 16.6. The van der Waals surface area contributed by atoms with Crippen molar-refractivity contribution in [3.05, 3.63) is 71.1 Å². The van der Waals surface area contributed by atoms with E-state index in [2.05, 4.69) is 51.5 Å². The molecule has 0 aliphatic carbocycles. The summed E-state index contributed by atoms with van der Waals surface area (Å²) in [6.07, 6.45) is 1.09. The van der Waals surface area contributed by atoms with Gasteiger partial charge >= 0.3 is 11.9 Å². The quantitative estimate of drug-likeness (QED) is 0.647. The lowest BCUT2D eigenvalue weighted by molar-refractivity contribution is 0.0481. The molecule has 0 saturated heterocycles. The van der Waals surface area contributed by atoms with Crippen LogP contribution >= 0.6 is 0 Å². The molecule has 1 aromatic heterocycles. The van der Waals surface area contributed by atoms with Crippen LogP contribution < -0.4 is 0 Å². The van der Waals surface area contributed by atoms with Crippen LogP contribution in [0.5, 0.6) is 0 Å². The Hall–Kier alpha value is -2.99. The van der Waals surface area contributed by atoms with Gasteiger partial charge in [0.15, 0.2) is 0 Å². The van der Waals surface area contributed by atoms with Crippen molar-refractivity contribution in [1.82, 2.24) is 15.1 Å². The summed E-state index contributed by atoms with van der Waals surface area (Å²) in [6.45, 7) is 4.93. The molecule has 0 fully saturated rings. The minimum atomic E-state index is -0.599. The molecule has 0 bridgehead atoms. The van der Waals surface area contributed by atoms with Crippen molar-refractivity contribution in [2.75, 3.05) is 13.2 Å². The molecule has 1 aliphatic rings. The molecule has 0 saturated carbocycles. The number of nitrogens with zero attached hydrogens (tertiary/aromatic N) is 3. The van der Waals surface area contributed by atoms with Crippen LogP contribution in [0.1, 0.15) is 34.3 Å². The van der Waals surface area contributed by atoms with E-state index in [0.717, 1.165) is 31.6 Å². The lowest BCUT2D eigenvalue weighted by Gasteiger charge is -2.28. The van der Waals surface area contributed by atoms with Crippen LogP contribution in [-0.4, -0.2) is 34.2 Å². The number of aromatic nitrogens is 2. The summed E-state index contributed by atoms with van der Waals surface area (Å²) in [5.41, 5.74) is 4.88. The fourth-order valence-electron chi connectivity index (χ4n) is 3.32. The zero-order valence-electron chi connectivity index (χ0n) is 15.2. The maximum atomic E-state index is 11.6. The zero-order chi connectivity index (χ0) is 18.6. The Morgan fingerprint density at radius 2 is 1.89 bits per heavy atom. The number of hydrogen-bond donors (Lipinski definition) is 0. The summed E-state index contributed by atoms with van der Waals surface area (Å²) in [4.78, 5) is 14.1. The van der Waals surface area contributed by atoms with Gasteiger partial charge in [-0.05, 0) is 42.2 Å². The van der Waals surface area contributed by atoms with Gasteiger partial charge in [0.05, 0.1) is 6.61 Å². The van der Waals surface area contributed by atoms with Crippen molar-refractivity contribution < 1.29 is 13.9 Å². The molecule has 6 nitrogen and oxygen atoms in total. The van der Waals surface area contributed by atoms with Crippen LogP contribution in [0.4, 0.5) is 0 Å². The van der Waals surface area contributed by atoms with Crippen LogP contribution in [0.15, 0.2) is 52.9 Å². The van der Waals surface area contributed by atoms with Gasteiger partial charge in [-0.25, -0.2) is 4.79 Å². The van der Waals surface area contributed by atoms with Crippen LogP contribution in [0.3, 0.4) is 0 Å². The number of hydrogen-bond acceptors (Lipinski definition) is 6. The molecule has 0 unspecified atom stereocenters. The van der Waals surface area contributed by atoms with Crippen molar-refractivity contribution in [3.8, 4) is 11.5 Å². The molecule has 6 heteroatoms. The Morgan fingerprint density at radius 1 is 1.11 bits per heavy atom. The van der Waals surface area contributed by atoms with Crippen LogP contribution in [-0.2, 0) is 24.2 Å². The maximum Gasteiger partial charge on any atom is 0.396 e. The first-order valence-electron chi connectivity index (χ1n) is 9.12. The second-order valence-corrected chi connectivity index (χ2v) is 6.56. The molecule has 27 heavy (non-hydrogen) atoms. The lowest BCUT2D eigenvalue weighted by Crippen LogP contribution is -2.29. The Bertz CT molecular complexity index is 934. The first kappa shape index (κ1) is 17.4. The van der Waals surface area contributed by atoms with E-state index in [1.165, 1.54) is 16.7 Å². The summed E-state index contributed by atoms with van der Waals surface area (Å²) in [5.74, 6) is -0.405. The van der Waals surface area contributed by atoms with Gasteiger partial charge in [-0.15, -0.1) is 10.2 Å². The Labute approximate surface area is 157 Å². The number of esters is 1. The van der Waals surface area contributed by atoms with Crippen LogP contribution in [0, 0.1) is 0 Å². The molecule has 0 radical (unpaired) electrons. The highest BCUT2D eigenvalue weighted by atomic mass is 16.5. The molecule has 0 amide bonds. The fourth-order valence-corrected chi connectivity index (χ4v) is 3.32. The van der Waals surface area contributed by atoms with E-state index in [1.807, 2.05) is 12.1 Å². The first-order valence-corrected chi connectivity index (χ1v) is 9.12. The van der Waals surface area contributed by atoms with E-state index in [9.17, 15) is 4.79 Å². The van der Waals surface area contributed by atoms with Crippen molar-refractivity contribution in [3.63, 3.8) is 0 Å². The maximum absolute atomic E-state index is 11.6. The summed E-state index contributed by atoms with van der Waals surface area (Å²) in [7, 11) is 0. The van der Waals surface area contributed by atoms with Gasteiger partial charge < -0.3 is 9.15 Å². The Kier molecular flexibility index (Phi) is 4.98. The lowest BCUT2D eigenvalue weighted by atomic mass is 9.99. The van der Waals surface area contributed by atoms with Crippen molar-refractivity contribution in [2.45, 2.75) is 26.4 Å².